The van der Waals surface area contributed by atoms with E-state index in [1.807, 2.05) is 31.2 Å². The summed E-state index contributed by atoms with van der Waals surface area (Å²) in [5.41, 5.74) is 5.81. The number of amides is 4. The maximum atomic E-state index is 14.1. The predicted molar refractivity (Wildman–Crippen MR) is 204 cm³/mol. The van der Waals surface area contributed by atoms with Crippen LogP contribution in [0.5, 0.6) is 0 Å². The van der Waals surface area contributed by atoms with Crippen molar-refractivity contribution in [1.82, 2.24) is 24.5 Å². The molecule has 17 heteroatoms. The lowest BCUT2D eigenvalue weighted by molar-refractivity contribution is -0.149. The third-order valence-corrected chi connectivity index (χ3v) is 11.9. The van der Waals surface area contributed by atoms with Gasteiger partial charge in [-0.05, 0) is 75.3 Å². The van der Waals surface area contributed by atoms with E-state index in [0.717, 1.165) is 43.2 Å². The number of halogens is 4. The Hall–Kier alpha value is -4.28. The van der Waals surface area contributed by atoms with Crippen molar-refractivity contribution in [2.75, 3.05) is 76.6 Å². The number of nitrogens with two attached hydrogens (primary N) is 1. The first-order valence-corrected chi connectivity index (χ1v) is 19.8. The van der Waals surface area contributed by atoms with Gasteiger partial charge in [0.2, 0.25) is 0 Å². The number of anilines is 2. The molecule has 4 aliphatic rings. The van der Waals surface area contributed by atoms with Gasteiger partial charge < -0.3 is 35.2 Å². The van der Waals surface area contributed by atoms with E-state index in [2.05, 4.69) is 15.1 Å². The Bertz CT molecular complexity index is 1740. The molecule has 1 unspecified atom stereocenters. The zero-order valence-electron chi connectivity index (χ0n) is 31.9. The summed E-state index contributed by atoms with van der Waals surface area (Å²) in [5, 5.41) is 2.67. The monoisotopic (exact) mass is 805 g/mol. The lowest BCUT2D eigenvalue weighted by Gasteiger charge is -2.44. The van der Waals surface area contributed by atoms with Gasteiger partial charge in [0.25, 0.3) is 5.91 Å². The van der Waals surface area contributed by atoms with Crippen LogP contribution >= 0.6 is 11.6 Å². The van der Waals surface area contributed by atoms with Crippen LogP contribution in [-0.4, -0.2) is 138 Å². The number of carbonyl (C=O) groups is 4. The van der Waals surface area contributed by atoms with Crippen molar-refractivity contribution in [3.63, 3.8) is 0 Å². The summed E-state index contributed by atoms with van der Waals surface area (Å²) < 4.78 is 52.7. The molecule has 0 saturated carbocycles. The van der Waals surface area contributed by atoms with E-state index in [9.17, 15) is 32.3 Å². The minimum Gasteiger partial charge on any atom is -0.465 e. The number of benzene rings is 2. The van der Waals surface area contributed by atoms with Crippen molar-refractivity contribution in [3.05, 3.63) is 58.1 Å². The molecule has 3 saturated heterocycles. The number of carbonyl (C=O) groups excluding carboxylic acids is 4. The fraction of sp³-hybridized carbons (Fsp3) is 0.590. The lowest BCUT2D eigenvalue weighted by atomic mass is 10.00. The summed E-state index contributed by atoms with van der Waals surface area (Å²) in [6, 6.07) is 9.40. The highest BCUT2D eigenvalue weighted by molar-refractivity contribution is 6.33. The minimum absolute atomic E-state index is 0.0528. The smallest absolute Gasteiger partial charge is 0.418 e. The first kappa shape index (κ1) is 41.4. The van der Waals surface area contributed by atoms with Crippen molar-refractivity contribution < 1.29 is 41.8 Å². The summed E-state index contributed by atoms with van der Waals surface area (Å²) in [5.74, 6) is -0.740. The van der Waals surface area contributed by atoms with Crippen LogP contribution < -0.4 is 11.1 Å². The Morgan fingerprint density at radius 3 is 2.25 bits per heavy atom. The number of hydrogen-bond donors (Lipinski definition) is 2. The second kappa shape index (κ2) is 17.9. The number of ether oxygens (including phenoxy) is 2. The zero-order valence-corrected chi connectivity index (χ0v) is 32.6. The van der Waals surface area contributed by atoms with Gasteiger partial charge in [0.05, 0.1) is 22.9 Å². The summed E-state index contributed by atoms with van der Waals surface area (Å²) >= 11 is 6.13. The number of fused-ring (bicyclic) bond motifs is 1. The quantitative estimate of drug-likeness (QED) is 0.262. The van der Waals surface area contributed by atoms with Gasteiger partial charge in [0.15, 0.2) is 6.10 Å². The van der Waals surface area contributed by atoms with E-state index in [-0.39, 0.29) is 60.2 Å². The van der Waals surface area contributed by atoms with Gasteiger partial charge in [0, 0.05) is 83.1 Å². The molecule has 56 heavy (non-hydrogen) atoms. The number of nitrogen functional groups attached to an aromatic ring is 1. The van der Waals surface area contributed by atoms with Crippen LogP contribution in [0.2, 0.25) is 5.02 Å². The number of urea groups is 1. The third-order valence-electron chi connectivity index (χ3n) is 11.6. The van der Waals surface area contributed by atoms with Crippen LogP contribution in [0.15, 0.2) is 36.4 Å². The summed E-state index contributed by atoms with van der Waals surface area (Å²) in [4.78, 5) is 62.5. The fourth-order valence-electron chi connectivity index (χ4n) is 8.28. The molecule has 3 fully saturated rings. The van der Waals surface area contributed by atoms with E-state index in [0.29, 0.717) is 58.6 Å². The minimum atomic E-state index is -4.79. The van der Waals surface area contributed by atoms with Crippen molar-refractivity contribution in [3.8, 4) is 0 Å². The van der Waals surface area contributed by atoms with Crippen LogP contribution in [0.1, 0.15) is 56.2 Å². The molecule has 4 aliphatic heterocycles. The molecular weight excluding hydrogens is 755 g/mol. The Labute approximate surface area is 330 Å². The molecule has 0 aliphatic carbocycles. The predicted octanol–water partition coefficient (Wildman–Crippen LogP) is 5.10. The molecule has 0 radical (unpaired) electrons. The number of nitrogens with zero attached hydrogens (tertiary/aromatic N) is 5. The Morgan fingerprint density at radius 1 is 0.929 bits per heavy atom. The Kier molecular flexibility index (Phi) is 13.2. The fourth-order valence-corrected chi connectivity index (χ4v) is 8.52. The van der Waals surface area contributed by atoms with Crippen LogP contribution in [0, 0.1) is 0 Å². The Balaban J connectivity index is 1.09. The lowest BCUT2D eigenvalue weighted by Crippen LogP contribution is -2.57. The van der Waals surface area contributed by atoms with Crippen molar-refractivity contribution in [2.45, 2.75) is 82.8 Å². The highest BCUT2D eigenvalue weighted by Crippen LogP contribution is 2.38. The average Bonchev–Trinajstić information content (AvgIpc) is 3.36. The van der Waals surface area contributed by atoms with Crippen molar-refractivity contribution >= 4 is 47.0 Å². The third kappa shape index (κ3) is 9.63. The summed E-state index contributed by atoms with van der Waals surface area (Å²) in [7, 11) is 0. The van der Waals surface area contributed by atoms with E-state index in [4.69, 9.17) is 26.8 Å². The number of rotatable bonds is 9. The number of para-hydroxylation sites is 1. The van der Waals surface area contributed by atoms with Crippen LogP contribution in [-0.2, 0) is 38.1 Å². The standard InChI is InChI=1S/C39H51ClF3N7O6/c1-3-55-36(52)25(2)46-13-9-28(10-14-46)47-18-20-48(21-19-47)35(51)33(24-26-22-30(39(41,42)43)34(44)31(40)23-26)56-38(54)49-15-11-29(12-16-49)50-17-8-27-6-4-5-7-32(27)45-37(50)53/h4-7,22-23,25,28-29,33H,3,8-21,24,44H2,1-2H3,(H,45,53)/t25?,33-/m1/s1. The van der Waals surface area contributed by atoms with Crippen molar-refractivity contribution in [1.29, 1.82) is 0 Å². The van der Waals surface area contributed by atoms with Gasteiger partial charge in [-0.15, -0.1) is 0 Å². The molecule has 3 N–H and O–H groups in total. The largest absolute Gasteiger partial charge is 0.465 e. The zero-order chi connectivity index (χ0) is 40.1. The van der Waals surface area contributed by atoms with E-state index >= 15 is 0 Å². The number of likely N-dealkylation sites (tertiary alicyclic amines) is 2. The molecule has 2 aromatic rings. The molecular formula is C39H51ClF3N7O6. The highest BCUT2D eigenvalue weighted by Gasteiger charge is 2.39. The van der Waals surface area contributed by atoms with Gasteiger partial charge in [-0.2, -0.15) is 13.2 Å². The molecule has 0 bridgehead atoms. The molecule has 0 spiro atoms. The molecule has 4 amide bonds. The van der Waals surface area contributed by atoms with Gasteiger partial charge >= 0.3 is 24.3 Å². The number of piperazine rings is 1. The first-order chi connectivity index (χ1) is 26.7. The van der Waals surface area contributed by atoms with Gasteiger partial charge in [-0.25, -0.2) is 9.59 Å². The van der Waals surface area contributed by atoms with E-state index in [1.54, 1.807) is 16.7 Å². The maximum absolute atomic E-state index is 14.1. The summed E-state index contributed by atoms with van der Waals surface area (Å²) in [6.07, 6.45) is -3.93. The van der Waals surface area contributed by atoms with Crippen molar-refractivity contribution in [2.24, 2.45) is 0 Å². The highest BCUT2D eigenvalue weighted by atomic mass is 35.5. The summed E-state index contributed by atoms with van der Waals surface area (Å²) in [6.45, 7) is 8.33. The molecule has 6 rings (SSSR count). The van der Waals surface area contributed by atoms with Gasteiger partial charge in [-0.3, -0.25) is 19.4 Å². The molecule has 2 atom stereocenters. The second-order valence-corrected chi connectivity index (χ2v) is 15.3. The molecule has 0 aromatic heterocycles. The van der Waals surface area contributed by atoms with E-state index < -0.39 is 35.5 Å². The molecule has 2 aromatic carbocycles. The van der Waals surface area contributed by atoms with Crippen LogP contribution in [0.3, 0.4) is 0 Å². The average molecular weight is 806 g/mol. The second-order valence-electron chi connectivity index (χ2n) is 14.9. The molecule has 4 heterocycles. The number of esters is 1. The maximum Gasteiger partial charge on any atom is 0.418 e. The number of alkyl halides is 3. The van der Waals surface area contributed by atoms with Gasteiger partial charge in [-0.1, -0.05) is 29.8 Å². The number of nitrogens with one attached hydrogen (secondary N) is 1. The normalized spacial score (nSPS) is 20.5. The van der Waals surface area contributed by atoms with Crippen LogP contribution in [0.25, 0.3) is 0 Å². The molecule has 306 valence electrons. The van der Waals surface area contributed by atoms with E-state index in [1.165, 1.54) is 11.0 Å². The topological polar surface area (TPSA) is 141 Å². The SMILES string of the molecule is CCOC(=O)C(C)N1CCC(N2CCN(C(=O)[C@@H](Cc3cc(Cl)c(N)c(C(F)(F)F)c3)OC(=O)N3CCC(N4CCc5ccccc5NC4=O)CC3)CC2)CC1. The number of hydrogen-bond acceptors (Lipinski definition) is 9. The van der Waals surface area contributed by atoms with Gasteiger partial charge in [0.1, 0.15) is 6.04 Å². The van der Waals surface area contributed by atoms with Crippen LogP contribution in [0.4, 0.5) is 34.1 Å². The number of piperidine rings is 2. The molecule has 13 nitrogen and oxygen atoms in total. The first-order valence-electron chi connectivity index (χ1n) is 19.4. The Morgan fingerprint density at radius 2 is 1.59 bits per heavy atom.